The number of amides is 2. The number of benzene rings is 5. The Hall–Kier alpha value is -5.40. The average molecular weight is 651 g/mol. The second kappa shape index (κ2) is 13.3. The second-order valence-corrected chi connectivity index (χ2v) is 11.8. The predicted molar refractivity (Wildman–Crippen MR) is 161 cm³/mol. The third kappa shape index (κ3) is 7.28. The minimum atomic E-state index is -4.85. The van der Waals surface area contributed by atoms with Gasteiger partial charge < -0.3 is 9.47 Å². The first-order valence-electron chi connectivity index (χ1n) is 13.6. The molecule has 0 radical (unpaired) electrons. The number of alkyl halides is 3. The summed E-state index contributed by atoms with van der Waals surface area (Å²) in [5.74, 6) is -1.32. The number of hydroxylamine groups is 1. The topological polar surface area (TPSA) is 122 Å². The fourth-order valence-electron chi connectivity index (χ4n) is 4.76. The van der Waals surface area contributed by atoms with E-state index < -0.39 is 40.7 Å². The van der Waals surface area contributed by atoms with E-state index in [0.717, 1.165) is 12.1 Å². The molecule has 0 saturated heterocycles. The molecule has 46 heavy (non-hydrogen) atoms. The SMILES string of the molecule is O=C(NO)c1c(CN(C(=O)OCc2ccccc2)S(=O)(=O)c2ccc(-c3ccc(OC(F)(F)F)cc3)cc2)ccc2ccccc12. The minimum Gasteiger partial charge on any atom is -0.444 e. The summed E-state index contributed by atoms with van der Waals surface area (Å²) in [5, 5.41) is 10.5. The summed E-state index contributed by atoms with van der Waals surface area (Å²) in [6.45, 7) is -0.855. The van der Waals surface area contributed by atoms with Crippen LogP contribution in [-0.2, 0) is 27.9 Å². The molecule has 2 N–H and O–H groups in total. The lowest BCUT2D eigenvalue weighted by Gasteiger charge is -2.24. The molecule has 13 heteroatoms. The Morgan fingerprint density at radius 3 is 2.02 bits per heavy atom. The molecule has 0 unspecified atom stereocenters. The summed E-state index contributed by atoms with van der Waals surface area (Å²) in [7, 11) is -4.61. The third-order valence-electron chi connectivity index (χ3n) is 6.93. The number of halogens is 3. The van der Waals surface area contributed by atoms with Crippen LogP contribution in [0.5, 0.6) is 5.75 Å². The highest BCUT2D eigenvalue weighted by Gasteiger charge is 2.33. The number of hydrogen-bond donors (Lipinski definition) is 2. The molecular formula is C33H25F3N2O7S. The Labute approximate surface area is 261 Å². The van der Waals surface area contributed by atoms with E-state index >= 15 is 0 Å². The standard InChI is InChI=1S/C33H25F3N2O7S/c34-33(35,36)45-27-16-12-23(13-17-27)24-14-18-28(19-15-24)46(42,43)38(32(40)44-21-22-6-2-1-3-7-22)20-26-11-10-25-8-4-5-9-29(25)30(26)31(39)37-41/h1-19,41H,20-21H2,(H,37,39). The van der Waals surface area contributed by atoms with Crippen molar-refractivity contribution >= 4 is 32.8 Å². The molecule has 236 valence electrons. The van der Waals surface area contributed by atoms with Crippen LogP contribution < -0.4 is 10.2 Å². The van der Waals surface area contributed by atoms with Gasteiger partial charge in [0.2, 0.25) is 0 Å². The van der Waals surface area contributed by atoms with Gasteiger partial charge >= 0.3 is 12.5 Å². The van der Waals surface area contributed by atoms with Crippen LogP contribution in [0.1, 0.15) is 21.5 Å². The summed E-state index contributed by atoms with van der Waals surface area (Å²) in [6, 6.07) is 28.9. The number of ether oxygens (including phenoxy) is 2. The molecule has 5 aromatic rings. The highest BCUT2D eigenvalue weighted by atomic mass is 32.2. The lowest BCUT2D eigenvalue weighted by Crippen LogP contribution is -2.37. The molecule has 0 bridgehead atoms. The van der Waals surface area contributed by atoms with Crippen LogP contribution in [0, 0.1) is 0 Å². The second-order valence-electron chi connectivity index (χ2n) is 9.91. The Morgan fingerprint density at radius 1 is 0.783 bits per heavy atom. The van der Waals surface area contributed by atoms with Crippen molar-refractivity contribution in [2.24, 2.45) is 0 Å². The molecule has 9 nitrogen and oxygen atoms in total. The van der Waals surface area contributed by atoms with E-state index in [2.05, 4.69) is 4.74 Å². The number of rotatable bonds is 9. The van der Waals surface area contributed by atoms with Crippen molar-refractivity contribution in [3.8, 4) is 16.9 Å². The quantitative estimate of drug-likeness (QED) is 0.130. The molecule has 2 amide bonds. The van der Waals surface area contributed by atoms with Crippen LogP contribution in [0.2, 0.25) is 0 Å². The smallest absolute Gasteiger partial charge is 0.444 e. The average Bonchev–Trinajstić information content (AvgIpc) is 3.05. The van der Waals surface area contributed by atoms with Crippen LogP contribution in [0.15, 0.2) is 120 Å². The Balaban J connectivity index is 1.49. The molecule has 5 aromatic carbocycles. The lowest BCUT2D eigenvalue weighted by molar-refractivity contribution is -0.274. The van der Waals surface area contributed by atoms with Crippen molar-refractivity contribution in [1.29, 1.82) is 0 Å². The zero-order chi connectivity index (χ0) is 32.9. The zero-order valence-electron chi connectivity index (χ0n) is 23.8. The maximum Gasteiger partial charge on any atom is 0.573 e. The summed E-state index contributed by atoms with van der Waals surface area (Å²) in [4.78, 5) is 25.9. The molecule has 0 aliphatic carbocycles. The van der Waals surface area contributed by atoms with Crippen LogP contribution in [0.25, 0.3) is 21.9 Å². The number of carbonyl (C=O) groups excluding carboxylic acids is 2. The van der Waals surface area contributed by atoms with Crippen molar-refractivity contribution < 1.29 is 45.9 Å². The maximum atomic E-state index is 14.0. The molecule has 0 aliphatic heterocycles. The van der Waals surface area contributed by atoms with E-state index in [1.165, 1.54) is 42.5 Å². The summed E-state index contributed by atoms with van der Waals surface area (Å²) < 4.78 is 75.3. The van der Waals surface area contributed by atoms with Crippen molar-refractivity contribution in [1.82, 2.24) is 9.79 Å². The van der Waals surface area contributed by atoms with Gasteiger partial charge in [-0.25, -0.2) is 18.7 Å². The van der Waals surface area contributed by atoms with Gasteiger partial charge in [0.1, 0.15) is 12.4 Å². The molecule has 0 spiro atoms. The van der Waals surface area contributed by atoms with Gasteiger partial charge in [0, 0.05) is 0 Å². The van der Waals surface area contributed by atoms with Gasteiger partial charge in [-0.1, -0.05) is 91.0 Å². The van der Waals surface area contributed by atoms with Crippen LogP contribution >= 0.6 is 0 Å². The van der Waals surface area contributed by atoms with Crippen molar-refractivity contribution in [3.63, 3.8) is 0 Å². The Morgan fingerprint density at radius 2 is 1.39 bits per heavy atom. The first-order valence-corrected chi connectivity index (χ1v) is 15.0. The van der Waals surface area contributed by atoms with Gasteiger partial charge in [-0.15, -0.1) is 13.2 Å². The van der Waals surface area contributed by atoms with Crippen LogP contribution in [0.4, 0.5) is 18.0 Å². The normalized spacial score (nSPS) is 11.6. The molecule has 0 heterocycles. The van der Waals surface area contributed by atoms with E-state index in [-0.39, 0.29) is 22.6 Å². The number of carbonyl (C=O) groups is 2. The van der Waals surface area contributed by atoms with Gasteiger partial charge in [-0.2, -0.15) is 4.31 Å². The highest BCUT2D eigenvalue weighted by molar-refractivity contribution is 7.89. The van der Waals surface area contributed by atoms with E-state index in [4.69, 9.17) is 4.74 Å². The first-order chi connectivity index (χ1) is 22.0. The Kier molecular flexibility index (Phi) is 9.26. The number of nitrogens with one attached hydrogen (secondary N) is 1. The van der Waals surface area contributed by atoms with Gasteiger partial charge in [0.25, 0.3) is 15.9 Å². The maximum absolute atomic E-state index is 14.0. The number of nitrogens with zero attached hydrogens (tertiary/aromatic N) is 1. The first kappa shape index (κ1) is 32.0. The zero-order valence-corrected chi connectivity index (χ0v) is 24.6. The summed E-state index contributed by atoms with van der Waals surface area (Å²) in [6.07, 6.45) is -6.06. The fraction of sp³-hybridized carbons (Fsp3) is 0.0909. The minimum absolute atomic E-state index is 0.0371. The van der Waals surface area contributed by atoms with Crippen LogP contribution in [0.3, 0.4) is 0 Å². The number of fused-ring (bicyclic) bond motifs is 1. The molecule has 5 rings (SSSR count). The number of hydrogen-bond acceptors (Lipinski definition) is 7. The third-order valence-corrected chi connectivity index (χ3v) is 8.66. The van der Waals surface area contributed by atoms with E-state index in [1.54, 1.807) is 66.1 Å². The van der Waals surface area contributed by atoms with E-state index in [0.29, 0.717) is 31.8 Å². The van der Waals surface area contributed by atoms with E-state index in [9.17, 15) is 36.4 Å². The predicted octanol–water partition coefficient (Wildman–Crippen LogP) is 7.05. The molecule has 0 atom stereocenters. The van der Waals surface area contributed by atoms with Crippen molar-refractivity contribution in [2.75, 3.05) is 0 Å². The molecule has 0 saturated carbocycles. The lowest BCUT2D eigenvalue weighted by atomic mass is 9.98. The summed E-state index contributed by atoms with van der Waals surface area (Å²) in [5.41, 5.74) is 3.23. The molecule has 0 fully saturated rings. The molecule has 0 aliphatic rings. The fourth-order valence-corrected chi connectivity index (χ4v) is 6.05. The molecule has 0 aromatic heterocycles. The monoisotopic (exact) mass is 650 g/mol. The van der Waals surface area contributed by atoms with Crippen molar-refractivity contribution in [2.45, 2.75) is 24.4 Å². The van der Waals surface area contributed by atoms with Crippen LogP contribution in [-0.4, -0.2) is 36.3 Å². The van der Waals surface area contributed by atoms with Gasteiger partial charge in [0.05, 0.1) is 17.0 Å². The molecular weight excluding hydrogens is 625 g/mol. The van der Waals surface area contributed by atoms with Gasteiger partial charge in [-0.05, 0) is 57.3 Å². The highest BCUT2D eigenvalue weighted by Crippen LogP contribution is 2.30. The van der Waals surface area contributed by atoms with Crippen molar-refractivity contribution in [3.05, 3.63) is 132 Å². The largest absolute Gasteiger partial charge is 0.573 e. The Bertz CT molecular complexity index is 1970. The summed E-state index contributed by atoms with van der Waals surface area (Å²) >= 11 is 0. The van der Waals surface area contributed by atoms with Gasteiger partial charge in [-0.3, -0.25) is 10.0 Å². The number of sulfonamides is 1. The van der Waals surface area contributed by atoms with E-state index in [1.807, 2.05) is 0 Å². The van der Waals surface area contributed by atoms with Gasteiger partial charge in [0.15, 0.2) is 0 Å².